The van der Waals surface area contributed by atoms with Crippen LogP contribution in [-0.4, -0.2) is 30.4 Å². The normalized spacial score (nSPS) is 11.8. The third-order valence-corrected chi connectivity index (χ3v) is 3.36. The largest absolute Gasteiger partial charge is 0.366 e. The zero-order valence-electron chi connectivity index (χ0n) is 12.9. The van der Waals surface area contributed by atoms with Crippen molar-refractivity contribution in [2.45, 2.75) is 33.7 Å². The monoisotopic (exact) mass is 277 g/mol. The van der Waals surface area contributed by atoms with Gasteiger partial charge >= 0.3 is 0 Å². The van der Waals surface area contributed by atoms with Crippen LogP contribution in [0.5, 0.6) is 0 Å². The van der Waals surface area contributed by atoms with Gasteiger partial charge in [0.1, 0.15) is 0 Å². The Morgan fingerprint density at radius 2 is 2.05 bits per heavy atom. The van der Waals surface area contributed by atoms with Crippen LogP contribution in [0.4, 0.5) is 0 Å². The third kappa shape index (κ3) is 5.31. The van der Waals surface area contributed by atoms with Crippen molar-refractivity contribution in [2.24, 2.45) is 16.9 Å². The van der Waals surface area contributed by atoms with Crippen LogP contribution in [0, 0.1) is 5.41 Å². The number of hydrogen-bond donors (Lipinski definition) is 2. The molecule has 0 fully saturated rings. The first-order valence-electron chi connectivity index (χ1n) is 7.19. The Kier molecular flexibility index (Phi) is 6.17. The van der Waals surface area contributed by atoms with E-state index in [4.69, 9.17) is 11.5 Å². The summed E-state index contributed by atoms with van der Waals surface area (Å²) in [5.74, 6) is -0.379. The van der Waals surface area contributed by atoms with Crippen LogP contribution >= 0.6 is 0 Å². The maximum absolute atomic E-state index is 11.2. The molecule has 1 aromatic rings. The lowest BCUT2D eigenvalue weighted by Crippen LogP contribution is -2.38. The molecule has 0 heterocycles. The fourth-order valence-corrected chi connectivity index (χ4v) is 2.28. The average molecular weight is 277 g/mol. The molecule has 0 aromatic heterocycles. The van der Waals surface area contributed by atoms with Gasteiger partial charge < -0.3 is 11.5 Å². The maximum Gasteiger partial charge on any atom is 0.248 e. The third-order valence-electron chi connectivity index (χ3n) is 3.36. The van der Waals surface area contributed by atoms with E-state index >= 15 is 0 Å². The lowest BCUT2D eigenvalue weighted by molar-refractivity contribution is 0.1000. The van der Waals surface area contributed by atoms with Crippen molar-refractivity contribution in [3.8, 4) is 0 Å². The standard InChI is InChI=1S/C16H27N3O/c1-4-8-19(12-16(2,3)11-17)10-13-6-5-7-14(9-13)15(18)20/h5-7,9H,4,8,10-12,17H2,1-3H3,(H2,18,20). The van der Waals surface area contributed by atoms with E-state index in [1.165, 1.54) is 0 Å². The van der Waals surface area contributed by atoms with Crippen molar-refractivity contribution >= 4 is 5.91 Å². The number of primary amides is 1. The summed E-state index contributed by atoms with van der Waals surface area (Å²) >= 11 is 0. The number of nitrogens with zero attached hydrogens (tertiary/aromatic N) is 1. The van der Waals surface area contributed by atoms with Crippen molar-refractivity contribution in [1.29, 1.82) is 0 Å². The Balaban J connectivity index is 2.79. The molecule has 4 nitrogen and oxygen atoms in total. The first-order valence-corrected chi connectivity index (χ1v) is 7.19. The summed E-state index contributed by atoms with van der Waals surface area (Å²) in [7, 11) is 0. The molecule has 0 aliphatic heterocycles. The molecule has 0 aliphatic rings. The number of rotatable bonds is 8. The Bertz CT molecular complexity index is 443. The molecule has 4 heteroatoms. The van der Waals surface area contributed by atoms with E-state index in [0.29, 0.717) is 12.1 Å². The van der Waals surface area contributed by atoms with Crippen molar-refractivity contribution in [3.05, 3.63) is 35.4 Å². The second kappa shape index (κ2) is 7.41. The van der Waals surface area contributed by atoms with Crippen molar-refractivity contribution in [1.82, 2.24) is 4.90 Å². The first kappa shape index (κ1) is 16.7. The average Bonchev–Trinajstić information content (AvgIpc) is 2.39. The van der Waals surface area contributed by atoms with Crippen LogP contribution in [0.2, 0.25) is 0 Å². The number of carbonyl (C=O) groups is 1. The molecule has 0 aliphatic carbocycles. The lowest BCUT2D eigenvalue weighted by Gasteiger charge is -2.31. The fourth-order valence-electron chi connectivity index (χ4n) is 2.28. The molecule has 4 N–H and O–H groups in total. The van der Waals surface area contributed by atoms with Crippen molar-refractivity contribution in [3.63, 3.8) is 0 Å². The topological polar surface area (TPSA) is 72.3 Å². The highest BCUT2D eigenvalue weighted by atomic mass is 16.1. The van der Waals surface area contributed by atoms with Gasteiger partial charge in [-0.1, -0.05) is 32.9 Å². The fraction of sp³-hybridized carbons (Fsp3) is 0.562. The van der Waals surface area contributed by atoms with Crippen LogP contribution in [-0.2, 0) is 6.54 Å². The van der Waals surface area contributed by atoms with Gasteiger partial charge in [-0.2, -0.15) is 0 Å². The van der Waals surface area contributed by atoms with Gasteiger partial charge in [-0.3, -0.25) is 9.69 Å². The van der Waals surface area contributed by atoms with Gasteiger partial charge in [-0.15, -0.1) is 0 Å². The molecular formula is C16H27N3O. The molecule has 0 spiro atoms. The van der Waals surface area contributed by atoms with Gasteiger partial charge in [0.05, 0.1) is 0 Å². The van der Waals surface area contributed by atoms with Gasteiger partial charge in [0.2, 0.25) is 5.91 Å². The number of nitrogens with two attached hydrogens (primary N) is 2. The smallest absolute Gasteiger partial charge is 0.248 e. The minimum absolute atomic E-state index is 0.0937. The Hall–Kier alpha value is -1.39. The van der Waals surface area contributed by atoms with Crippen LogP contribution < -0.4 is 11.5 Å². The van der Waals surface area contributed by atoms with Gasteiger partial charge in [0, 0.05) is 18.7 Å². The highest BCUT2D eigenvalue weighted by Gasteiger charge is 2.20. The zero-order chi connectivity index (χ0) is 15.2. The molecule has 1 aromatic carbocycles. The molecule has 1 rings (SSSR count). The molecule has 0 unspecified atom stereocenters. The predicted octanol–water partition coefficient (Wildman–Crippen LogP) is 1.98. The number of benzene rings is 1. The number of hydrogen-bond acceptors (Lipinski definition) is 3. The molecule has 20 heavy (non-hydrogen) atoms. The Morgan fingerprint density at radius 1 is 1.35 bits per heavy atom. The lowest BCUT2D eigenvalue weighted by atomic mass is 9.92. The summed E-state index contributed by atoms with van der Waals surface area (Å²) in [4.78, 5) is 13.6. The molecule has 112 valence electrons. The second-order valence-electron chi connectivity index (χ2n) is 6.14. The molecule has 0 saturated carbocycles. The molecule has 0 radical (unpaired) electrons. The van der Waals surface area contributed by atoms with E-state index < -0.39 is 0 Å². The minimum Gasteiger partial charge on any atom is -0.366 e. The maximum atomic E-state index is 11.2. The SMILES string of the molecule is CCCN(Cc1cccc(C(N)=O)c1)CC(C)(C)CN. The number of amides is 1. The minimum atomic E-state index is -0.379. The van der Waals surface area contributed by atoms with E-state index in [1.54, 1.807) is 6.07 Å². The van der Waals surface area contributed by atoms with Crippen LogP contribution in [0.3, 0.4) is 0 Å². The van der Waals surface area contributed by atoms with Gasteiger partial charge in [-0.05, 0) is 42.6 Å². The summed E-state index contributed by atoms with van der Waals surface area (Å²) in [5, 5.41) is 0. The van der Waals surface area contributed by atoms with E-state index in [0.717, 1.165) is 31.6 Å². The zero-order valence-corrected chi connectivity index (χ0v) is 12.9. The summed E-state index contributed by atoms with van der Waals surface area (Å²) in [6.07, 6.45) is 1.09. The first-order chi connectivity index (χ1) is 9.38. The summed E-state index contributed by atoms with van der Waals surface area (Å²) in [5.41, 5.74) is 12.9. The second-order valence-corrected chi connectivity index (χ2v) is 6.14. The summed E-state index contributed by atoms with van der Waals surface area (Å²) < 4.78 is 0. The highest BCUT2D eigenvalue weighted by molar-refractivity contribution is 5.92. The Labute approximate surface area is 122 Å². The quantitative estimate of drug-likeness (QED) is 0.763. The highest BCUT2D eigenvalue weighted by Crippen LogP contribution is 2.17. The molecule has 1 amide bonds. The van der Waals surface area contributed by atoms with Crippen LogP contribution in [0.15, 0.2) is 24.3 Å². The van der Waals surface area contributed by atoms with Gasteiger partial charge in [0.25, 0.3) is 0 Å². The van der Waals surface area contributed by atoms with Gasteiger partial charge in [0.15, 0.2) is 0 Å². The van der Waals surface area contributed by atoms with Crippen LogP contribution in [0.25, 0.3) is 0 Å². The molecule has 0 saturated heterocycles. The van der Waals surface area contributed by atoms with E-state index in [1.807, 2.05) is 18.2 Å². The Morgan fingerprint density at radius 3 is 2.60 bits per heavy atom. The van der Waals surface area contributed by atoms with E-state index in [-0.39, 0.29) is 11.3 Å². The number of carbonyl (C=O) groups excluding carboxylic acids is 1. The van der Waals surface area contributed by atoms with E-state index in [9.17, 15) is 4.79 Å². The molecule has 0 atom stereocenters. The van der Waals surface area contributed by atoms with Crippen molar-refractivity contribution < 1.29 is 4.79 Å². The molecule has 0 bridgehead atoms. The summed E-state index contributed by atoms with van der Waals surface area (Å²) in [6.45, 7) is 9.96. The molecular weight excluding hydrogens is 250 g/mol. The van der Waals surface area contributed by atoms with Crippen molar-refractivity contribution in [2.75, 3.05) is 19.6 Å². The van der Waals surface area contributed by atoms with E-state index in [2.05, 4.69) is 25.7 Å². The van der Waals surface area contributed by atoms with Gasteiger partial charge in [-0.25, -0.2) is 0 Å². The predicted molar refractivity (Wildman–Crippen MR) is 83.4 cm³/mol. The summed E-state index contributed by atoms with van der Waals surface area (Å²) in [6, 6.07) is 7.54. The van der Waals surface area contributed by atoms with Crippen LogP contribution in [0.1, 0.15) is 43.1 Å².